The van der Waals surface area contributed by atoms with Crippen molar-refractivity contribution in [3.05, 3.63) is 29.3 Å². The number of alkyl halides is 1. The van der Waals surface area contributed by atoms with Gasteiger partial charge in [0, 0.05) is 10.0 Å². The first-order valence-corrected chi connectivity index (χ1v) is 5.96. The highest BCUT2D eigenvalue weighted by atomic mass is 79.9. The predicted molar refractivity (Wildman–Crippen MR) is 63.6 cm³/mol. The van der Waals surface area contributed by atoms with Crippen LogP contribution in [0.3, 0.4) is 0 Å². The smallest absolute Gasteiger partial charge is 0.0995 e. The van der Waals surface area contributed by atoms with Gasteiger partial charge in [0.15, 0.2) is 0 Å². The van der Waals surface area contributed by atoms with Crippen LogP contribution in [0.2, 0.25) is 0 Å². The number of nitrogen functional groups attached to an aromatic ring is 1. The maximum absolute atomic E-state index is 8.92. The summed E-state index contributed by atoms with van der Waals surface area (Å²) in [6, 6.07) is 8.03. The Hall–Kier alpha value is -1.05. The highest BCUT2D eigenvalue weighted by Gasteiger charge is 2.05. The average molecular weight is 267 g/mol. The third-order valence-corrected chi connectivity index (χ3v) is 3.56. The van der Waals surface area contributed by atoms with E-state index in [0.29, 0.717) is 5.33 Å². The molecule has 2 N–H and O–H groups in total. The Morgan fingerprint density at radius 3 is 2.86 bits per heavy atom. The van der Waals surface area contributed by atoms with Gasteiger partial charge in [-0.25, -0.2) is 0 Å². The SMILES string of the molecule is N#Cc1cc2sc(N)cc2cc1CBr. The van der Waals surface area contributed by atoms with Crippen LogP contribution in [0.15, 0.2) is 18.2 Å². The second-order valence-electron chi connectivity index (χ2n) is 2.94. The number of hydrogen-bond acceptors (Lipinski definition) is 3. The molecule has 1 aromatic heterocycles. The standard InChI is InChI=1S/C10H7BrN2S/c11-4-7-1-6-3-10(13)14-9(6)2-8(7)5-12/h1-3H,4,13H2. The van der Waals surface area contributed by atoms with E-state index >= 15 is 0 Å². The van der Waals surface area contributed by atoms with Crippen molar-refractivity contribution in [2.45, 2.75) is 5.33 Å². The van der Waals surface area contributed by atoms with E-state index in [9.17, 15) is 0 Å². The van der Waals surface area contributed by atoms with Gasteiger partial charge in [0.05, 0.1) is 16.6 Å². The van der Waals surface area contributed by atoms with E-state index in [4.69, 9.17) is 11.0 Å². The topological polar surface area (TPSA) is 49.8 Å². The first kappa shape index (κ1) is 9.50. The lowest BCUT2D eigenvalue weighted by Gasteiger charge is -1.98. The molecule has 0 aliphatic rings. The second kappa shape index (κ2) is 3.60. The van der Waals surface area contributed by atoms with Gasteiger partial charge in [-0.3, -0.25) is 0 Å². The molecule has 70 valence electrons. The first-order chi connectivity index (χ1) is 6.74. The summed E-state index contributed by atoms with van der Waals surface area (Å²) in [5.74, 6) is 0. The van der Waals surface area contributed by atoms with Crippen molar-refractivity contribution in [3.8, 4) is 6.07 Å². The average Bonchev–Trinajstić information content (AvgIpc) is 2.54. The van der Waals surface area contributed by atoms with Crippen LogP contribution < -0.4 is 5.73 Å². The van der Waals surface area contributed by atoms with Crippen molar-refractivity contribution in [1.82, 2.24) is 0 Å². The van der Waals surface area contributed by atoms with Gasteiger partial charge in [-0.1, -0.05) is 15.9 Å². The summed E-state index contributed by atoms with van der Waals surface area (Å²) in [5, 5.41) is 11.5. The fraction of sp³-hybridized carbons (Fsp3) is 0.100. The van der Waals surface area contributed by atoms with Gasteiger partial charge in [-0.2, -0.15) is 5.26 Å². The van der Waals surface area contributed by atoms with Crippen molar-refractivity contribution in [2.24, 2.45) is 0 Å². The lowest BCUT2D eigenvalue weighted by atomic mass is 10.1. The molecule has 2 aromatic rings. The van der Waals surface area contributed by atoms with Gasteiger partial charge in [0.25, 0.3) is 0 Å². The van der Waals surface area contributed by atoms with Crippen molar-refractivity contribution in [3.63, 3.8) is 0 Å². The number of fused-ring (bicyclic) bond motifs is 1. The predicted octanol–water partition coefficient (Wildman–Crippen LogP) is 3.25. The van der Waals surface area contributed by atoms with E-state index in [1.807, 2.05) is 18.2 Å². The van der Waals surface area contributed by atoms with Crippen molar-refractivity contribution in [1.29, 1.82) is 5.26 Å². The Bertz CT molecular complexity index is 525. The summed E-state index contributed by atoms with van der Waals surface area (Å²) in [4.78, 5) is 0. The molecule has 1 aromatic carbocycles. The van der Waals surface area contributed by atoms with Gasteiger partial charge in [-0.05, 0) is 29.1 Å². The molecule has 2 nitrogen and oxygen atoms in total. The molecular weight excluding hydrogens is 260 g/mol. The van der Waals surface area contributed by atoms with Crippen LogP contribution in [0, 0.1) is 11.3 Å². The normalized spacial score (nSPS) is 10.3. The molecule has 0 atom stereocenters. The number of anilines is 1. The molecule has 0 saturated heterocycles. The van der Waals surface area contributed by atoms with E-state index in [-0.39, 0.29) is 0 Å². The Morgan fingerprint density at radius 2 is 2.21 bits per heavy atom. The lowest BCUT2D eigenvalue weighted by molar-refractivity contribution is 1.40. The van der Waals surface area contributed by atoms with Gasteiger partial charge in [-0.15, -0.1) is 11.3 Å². The number of halogens is 1. The third-order valence-electron chi connectivity index (χ3n) is 2.03. The fourth-order valence-corrected chi connectivity index (χ4v) is 2.69. The largest absolute Gasteiger partial charge is 0.391 e. The van der Waals surface area contributed by atoms with Crippen LogP contribution >= 0.6 is 27.3 Å². The summed E-state index contributed by atoms with van der Waals surface area (Å²) >= 11 is 4.87. The molecule has 4 heteroatoms. The number of hydrogen-bond donors (Lipinski definition) is 1. The highest BCUT2D eigenvalue weighted by Crippen LogP contribution is 2.30. The fourth-order valence-electron chi connectivity index (χ4n) is 1.37. The monoisotopic (exact) mass is 266 g/mol. The summed E-state index contributed by atoms with van der Waals surface area (Å²) in [6.07, 6.45) is 0. The van der Waals surface area contributed by atoms with Crippen molar-refractivity contribution < 1.29 is 0 Å². The van der Waals surface area contributed by atoms with Gasteiger partial charge < -0.3 is 5.73 Å². The number of nitrogens with two attached hydrogens (primary N) is 1. The van der Waals surface area contributed by atoms with E-state index in [2.05, 4.69) is 22.0 Å². The number of rotatable bonds is 1. The van der Waals surface area contributed by atoms with Gasteiger partial charge in [0.1, 0.15) is 0 Å². The number of nitrogens with zero attached hydrogens (tertiary/aromatic N) is 1. The Labute approximate surface area is 94.1 Å². The minimum Gasteiger partial charge on any atom is -0.391 e. The molecule has 0 radical (unpaired) electrons. The van der Waals surface area contributed by atoms with Crippen LogP contribution in [0.4, 0.5) is 5.00 Å². The summed E-state index contributed by atoms with van der Waals surface area (Å²) in [5.41, 5.74) is 7.43. The number of thiophene rings is 1. The minimum atomic E-state index is 0.696. The second-order valence-corrected chi connectivity index (χ2v) is 4.62. The Morgan fingerprint density at radius 1 is 1.43 bits per heavy atom. The van der Waals surface area contributed by atoms with E-state index in [0.717, 1.165) is 26.2 Å². The quantitative estimate of drug-likeness (QED) is 0.806. The molecule has 0 spiro atoms. The van der Waals surface area contributed by atoms with Crippen LogP contribution in [0.25, 0.3) is 10.1 Å². The van der Waals surface area contributed by atoms with Crippen molar-refractivity contribution >= 4 is 42.4 Å². The van der Waals surface area contributed by atoms with Crippen LogP contribution in [0.1, 0.15) is 11.1 Å². The van der Waals surface area contributed by atoms with Crippen molar-refractivity contribution in [2.75, 3.05) is 5.73 Å². The van der Waals surface area contributed by atoms with Gasteiger partial charge >= 0.3 is 0 Å². The molecule has 0 amide bonds. The molecular formula is C10H7BrN2S. The zero-order valence-corrected chi connectivity index (χ0v) is 9.65. The van der Waals surface area contributed by atoms with Crippen LogP contribution in [-0.4, -0.2) is 0 Å². The maximum atomic E-state index is 8.92. The minimum absolute atomic E-state index is 0.696. The zero-order chi connectivity index (χ0) is 10.1. The number of nitriles is 1. The maximum Gasteiger partial charge on any atom is 0.0995 e. The van der Waals surface area contributed by atoms with Crippen LogP contribution in [-0.2, 0) is 5.33 Å². The summed E-state index contributed by atoms with van der Waals surface area (Å²) in [7, 11) is 0. The lowest BCUT2D eigenvalue weighted by Crippen LogP contribution is -1.84. The molecule has 14 heavy (non-hydrogen) atoms. The Kier molecular flexibility index (Phi) is 2.44. The summed E-state index contributed by atoms with van der Waals surface area (Å²) in [6.45, 7) is 0. The number of benzene rings is 1. The third kappa shape index (κ3) is 1.49. The Balaban J connectivity index is 2.76. The first-order valence-electron chi connectivity index (χ1n) is 4.02. The molecule has 0 fully saturated rings. The molecule has 0 bridgehead atoms. The summed E-state index contributed by atoms with van der Waals surface area (Å²) < 4.78 is 1.07. The molecule has 0 aliphatic heterocycles. The van der Waals surface area contributed by atoms with E-state index in [1.165, 1.54) is 11.3 Å². The highest BCUT2D eigenvalue weighted by molar-refractivity contribution is 9.08. The molecule has 0 saturated carbocycles. The molecule has 1 heterocycles. The molecule has 0 unspecified atom stereocenters. The van der Waals surface area contributed by atoms with Gasteiger partial charge in [0.2, 0.25) is 0 Å². The van der Waals surface area contributed by atoms with E-state index in [1.54, 1.807) is 0 Å². The molecule has 2 rings (SSSR count). The van der Waals surface area contributed by atoms with Crippen LogP contribution in [0.5, 0.6) is 0 Å². The van der Waals surface area contributed by atoms with E-state index < -0.39 is 0 Å². The zero-order valence-electron chi connectivity index (χ0n) is 7.25. The molecule has 0 aliphatic carbocycles.